The van der Waals surface area contributed by atoms with E-state index in [2.05, 4.69) is 29.6 Å². The number of rotatable bonds is 3. The maximum atomic E-state index is 12.8. The molecule has 4 rings (SSSR count). The molecule has 2 atom stereocenters. The lowest BCUT2D eigenvalue weighted by Gasteiger charge is -2.16. The molecular weight excluding hydrogens is 352 g/mol. The van der Waals surface area contributed by atoms with Gasteiger partial charge in [0.1, 0.15) is 0 Å². The van der Waals surface area contributed by atoms with Crippen LogP contribution in [0.2, 0.25) is 0 Å². The topological polar surface area (TPSA) is 46.3 Å². The number of benzene rings is 2. The summed E-state index contributed by atoms with van der Waals surface area (Å²) in [6.07, 6.45) is 0.457. The smallest absolute Gasteiger partial charge is 0.227 e. The van der Waals surface area contributed by atoms with Crippen molar-refractivity contribution in [3.8, 4) is 0 Å². The van der Waals surface area contributed by atoms with Gasteiger partial charge in [0.2, 0.25) is 5.91 Å². The summed E-state index contributed by atoms with van der Waals surface area (Å²) in [6, 6.07) is 18.5. The molecule has 3 aromatic rings. The second kappa shape index (κ2) is 7.56. The molecule has 0 spiro atoms. The molecule has 1 fully saturated rings. The highest BCUT2D eigenvalue weighted by atomic mass is 35.5. The largest absolute Gasteiger partial charge is 0.340 e. The first kappa shape index (κ1) is 17.9. The van der Waals surface area contributed by atoms with Crippen LogP contribution < -0.4 is 5.73 Å². The fourth-order valence-electron chi connectivity index (χ4n) is 3.53. The van der Waals surface area contributed by atoms with Crippen LogP contribution in [0.15, 0.2) is 60.0 Å². The van der Waals surface area contributed by atoms with Crippen LogP contribution in [-0.4, -0.2) is 29.9 Å². The molecule has 0 unspecified atom stereocenters. The van der Waals surface area contributed by atoms with Crippen LogP contribution in [0.25, 0.3) is 10.1 Å². The van der Waals surface area contributed by atoms with Crippen LogP contribution >= 0.6 is 23.7 Å². The van der Waals surface area contributed by atoms with E-state index in [-0.39, 0.29) is 30.3 Å². The molecule has 1 aliphatic heterocycles. The van der Waals surface area contributed by atoms with Crippen molar-refractivity contribution in [3.05, 3.63) is 71.1 Å². The summed E-state index contributed by atoms with van der Waals surface area (Å²) in [6.45, 7) is 1.35. The number of halogens is 1. The molecular formula is C20H21ClN2OS. The molecule has 1 saturated heterocycles. The number of hydrogen-bond donors (Lipinski definition) is 1. The van der Waals surface area contributed by atoms with Gasteiger partial charge in [-0.15, -0.1) is 23.7 Å². The molecule has 0 aliphatic carbocycles. The molecule has 0 bridgehead atoms. The molecule has 3 nitrogen and oxygen atoms in total. The highest BCUT2D eigenvalue weighted by Crippen LogP contribution is 2.29. The van der Waals surface area contributed by atoms with Crippen molar-refractivity contribution >= 4 is 39.7 Å². The zero-order chi connectivity index (χ0) is 16.5. The van der Waals surface area contributed by atoms with Crippen molar-refractivity contribution in [2.75, 3.05) is 13.1 Å². The van der Waals surface area contributed by atoms with Gasteiger partial charge in [-0.1, -0.05) is 48.5 Å². The molecule has 1 aromatic heterocycles. The van der Waals surface area contributed by atoms with Gasteiger partial charge >= 0.3 is 0 Å². The van der Waals surface area contributed by atoms with E-state index in [0.29, 0.717) is 19.5 Å². The highest BCUT2D eigenvalue weighted by molar-refractivity contribution is 7.17. The summed E-state index contributed by atoms with van der Waals surface area (Å²) in [5.41, 5.74) is 8.66. The van der Waals surface area contributed by atoms with E-state index in [9.17, 15) is 4.79 Å². The Morgan fingerprint density at radius 2 is 1.80 bits per heavy atom. The number of amides is 1. The molecule has 2 aromatic carbocycles. The monoisotopic (exact) mass is 372 g/mol. The molecule has 25 heavy (non-hydrogen) atoms. The number of nitrogens with two attached hydrogens (primary N) is 1. The second-order valence-electron chi connectivity index (χ2n) is 6.41. The van der Waals surface area contributed by atoms with Gasteiger partial charge in [-0.3, -0.25) is 4.79 Å². The molecule has 0 radical (unpaired) electrons. The third-order valence-electron chi connectivity index (χ3n) is 4.85. The summed E-state index contributed by atoms with van der Waals surface area (Å²) in [5.74, 6) is 0.404. The Kier molecular flexibility index (Phi) is 5.42. The summed E-state index contributed by atoms with van der Waals surface area (Å²) in [4.78, 5) is 14.7. The quantitative estimate of drug-likeness (QED) is 0.759. The van der Waals surface area contributed by atoms with E-state index in [1.54, 1.807) is 11.3 Å². The van der Waals surface area contributed by atoms with Crippen molar-refractivity contribution in [2.24, 2.45) is 5.73 Å². The number of thiophene rings is 1. The van der Waals surface area contributed by atoms with Crippen molar-refractivity contribution < 1.29 is 4.79 Å². The van der Waals surface area contributed by atoms with E-state index in [1.807, 2.05) is 35.2 Å². The van der Waals surface area contributed by atoms with Crippen molar-refractivity contribution in [1.29, 1.82) is 0 Å². The first-order chi connectivity index (χ1) is 11.7. The molecule has 0 saturated carbocycles. The molecule has 1 aliphatic rings. The normalized spacial score (nSPS) is 19.8. The minimum absolute atomic E-state index is 0. The predicted octanol–water partition coefficient (Wildman–Crippen LogP) is 3.82. The Balaban J connectivity index is 0.00000182. The van der Waals surface area contributed by atoms with Gasteiger partial charge in [-0.25, -0.2) is 0 Å². The van der Waals surface area contributed by atoms with E-state index < -0.39 is 0 Å². The standard InChI is InChI=1S/C20H20N2OS.ClH/c21-18-12-22(11-17(18)14-6-2-1-3-7-14)20(23)10-15-13-24-19-9-5-4-8-16(15)19;/h1-9,13,17-18H,10-12,21H2;1H/t17-,18+;/m0./s1. The minimum atomic E-state index is 0. The number of fused-ring (bicyclic) bond motifs is 1. The number of nitrogens with zero attached hydrogens (tertiary/aromatic N) is 1. The number of carbonyl (C=O) groups excluding carboxylic acids is 1. The minimum Gasteiger partial charge on any atom is -0.340 e. The zero-order valence-electron chi connectivity index (χ0n) is 13.8. The first-order valence-corrected chi connectivity index (χ1v) is 9.14. The zero-order valence-corrected chi connectivity index (χ0v) is 15.4. The van der Waals surface area contributed by atoms with Crippen LogP contribution in [0, 0.1) is 0 Å². The lowest BCUT2D eigenvalue weighted by atomic mass is 9.95. The third-order valence-corrected chi connectivity index (χ3v) is 5.86. The Morgan fingerprint density at radius 3 is 2.60 bits per heavy atom. The maximum absolute atomic E-state index is 12.8. The van der Waals surface area contributed by atoms with E-state index in [4.69, 9.17) is 5.73 Å². The molecule has 2 N–H and O–H groups in total. The predicted molar refractivity (Wildman–Crippen MR) is 107 cm³/mol. The molecule has 130 valence electrons. The SMILES string of the molecule is Cl.N[C@@H]1CN(C(=O)Cc2csc3ccccc23)C[C@H]1c1ccccc1. The Morgan fingerprint density at radius 1 is 1.08 bits per heavy atom. The van der Waals surface area contributed by atoms with E-state index in [1.165, 1.54) is 15.6 Å². The average Bonchev–Trinajstić information content (AvgIpc) is 3.20. The lowest BCUT2D eigenvalue weighted by molar-refractivity contribution is -0.129. The Bertz CT molecular complexity index is 864. The van der Waals surface area contributed by atoms with Gasteiger partial charge in [0.25, 0.3) is 0 Å². The molecule has 1 amide bonds. The maximum Gasteiger partial charge on any atom is 0.227 e. The van der Waals surface area contributed by atoms with Crippen molar-refractivity contribution in [3.63, 3.8) is 0 Å². The van der Waals surface area contributed by atoms with Crippen LogP contribution in [0.1, 0.15) is 17.0 Å². The Hall–Kier alpha value is -1.88. The number of carbonyl (C=O) groups is 1. The number of likely N-dealkylation sites (tertiary alicyclic amines) is 1. The van der Waals surface area contributed by atoms with E-state index >= 15 is 0 Å². The van der Waals surface area contributed by atoms with E-state index in [0.717, 1.165) is 5.56 Å². The summed E-state index contributed by atoms with van der Waals surface area (Å²) in [5, 5.41) is 3.30. The fraction of sp³-hybridized carbons (Fsp3) is 0.250. The molecule has 5 heteroatoms. The van der Waals surface area contributed by atoms with Crippen LogP contribution in [0.5, 0.6) is 0 Å². The highest BCUT2D eigenvalue weighted by Gasteiger charge is 2.33. The number of hydrogen-bond acceptors (Lipinski definition) is 3. The van der Waals surface area contributed by atoms with Crippen molar-refractivity contribution in [2.45, 2.75) is 18.4 Å². The first-order valence-electron chi connectivity index (χ1n) is 8.26. The van der Waals surface area contributed by atoms with Gasteiger partial charge in [-0.2, -0.15) is 0 Å². The van der Waals surface area contributed by atoms with Crippen LogP contribution in [-0.2, 0) is 11.2 Å². The van der Waals surface area contributed by atoms with Gasteiger partial charge < -0.3 is 10.6 Å². The van der Waals surface area contributed by atoms with Gasteiger partial charge in [-0.05, 0) is 28.0 Å². The summed E-state index contributed by atoms with van der Waals surface area (Å²) < 4.78 is 1.24. The van der Waals surface area contributed by atoms with Gasteiger partial charge in [0.15, 0.2) is 0 Å². The average molecular weight is 373 g/mol. The Labute approximate surface area is 157 Å². The van der Waals surface area contributed by atoms with Crippen molar-refractivity contribution in [1.82, 2.24) is 4.90 Å². The van der Waals surface area contributed by atoms with Crippen LogP contribution in [0.4, 0.5) is 0 Å². The van der Waals surface area contributed by atoms with Gasteiger partial charge in [0.05, 0.1) is 6.42 Å². The molecule has 2 heterocycles. The third kappa shape index (κ3) is 3.56. The summed E-state index contributed by atoms with van der Waals surface area (Å²) >= 11 is 1.70. The second-order valence-corrected chi connectivity index (χ2v) is 7.32. The lowest BCUT2D eigenvalue weighted by Crippen LogP contribution is -2.33. The van der Waals surface area contributed by atoms with Crippen LogP contribution in [0.3, 0.4) is 0 Å². The summed E-state index contributed by atoms with van der Waals surface area (Å²) in [7, 11) is 0. The fourth-order valence-corrected chi connectivity index (χ4v) is 4.49. The van der Waals surface area contributed by atoms with Gasteiger partial charge in [0, 0.05) is 29.7 Å².